The van der Waals surface area contributed by atoms with Gasteiger partial charge in [-0.25, -0.2) is 0 Å². The first-order valence-electron chi connectivity index (χ1n) is 8.75. The first kappa shape index (κ1) is 17.3. The van der Waals surface area contributed by atoms with Crippen LogP contribution in [0, 0.1) is 20.8 Å². The fraction of sp³-hybridized carbons (Fsp3) is 0.381. The topological polar surface area (TPSA) is 47.6 Å². The third kappa shape index (κ3) is 4.32. The van der Waals surface area contributed by atoms with Crippen LogP contribution in [-0.2, 0) is 17.8 Å². The third-order valence-electron chi connectivity index (χ3n) is 4.55. The molecule has 1 N–H and O–H groups in total. The summed E-state index contributed by atoms with van der Waals surface area (Å²) in [6, 6.07) is 10.2. The number of hydrogen-bond acceptors (Lipinski definition) is 3. The number of fused-ring (bicyclic) bond motifs is 1. The molecule has 0 saturated carbocycles. The summed E-state index contributed by atoms with van der Waals surface area (Å²) in [5, 5.41) is 3.04. The number of rotatable bonds is 5. The standard InChI is InChI=1S/C21H25NO3/c1-14-10-15(2)18(16(3)11-14)13-22-21(23)7-5-17-4-6-19-20(12-17)25-9-8-24-19/h4,6,10-12H,5,7-9,13H2,1-3H3,(H,22,23). The molecule has 0 aromatic heterocycles. The average molecular weight is 339 g/mol. The van der Waals surface area contributed by atoms with E-state index in [2.05, 4.69) is 38.2 Å². The fourth-order valence-corrected chi connectivity index (χ4v) is 3.27. The molecule has 0 unspecified atom stereocenters. The Labute approximate surface area is 149 Å². The minimum Gasteiger partial charge on any atom is -0.486 e. The van der Waals surface area contributed by atoms with E-state index in [1.807, 2.05) is 18.2 Å². The predicted molar refractivity (Wildman–Crippen MR) is 98.3 cm³/mol. The lowest BCUT2D eigenvalue weighted by Gasteiger charge is -2.18. The first-order valence-corrected chi connectivity index (χ1v) is 8.75. The van der Waals surface area contributed by atoms with Crippen molar-refractivity contribution in [3.8, 4) is 11.5 Å². The van der Waals surface area contributed by atoms with Crippen LogP contribution in [-0.4, -0.2) is 19.1 Å². The number of carbonyl (C=O) groups is 1. The molecule has 4 heteroatoms. The lowest BCUT2D eigenvalue weighted by atomic mass is 10.00. The van der Waals surface area contributed by atoms with Gasteiger partial charge in [0, 0.05) is 13.0 Å². The van der Waals surface area contributed by atoms with Crippen LogP contribution in [0.2, 0.25) is 0 Å². The van der Waals surface area contributed by atoms with Crippen LogP contribution in [0.25, 0.3) is 0 Å². The predicted octanol–water partition coefficient (Wildman–Crippen LogP) is 3.63. The molecule has 0 atom stereocenters. The number of benzene rings is 2. The van der Waals surface area contributed by atoms with Gasteiger partial charge in [-0.15, -0.1) is 0 Å². The molecule has 1 aliphatic rings. The highest BCUT2D eigenvalue weighted by Gasteiger charge is 2.12. The van der Waals surface area contributed by atoms with Gasteiger partial charge in [0.1, 0.15) is 13.2 Å². The Morgan fingerprint density at radius 1 is 1.00 bits per heavy atom. The summed E-state index contributed by atoms with van der Waals surface area (Å²) in [5.74, 6) is 1.62. The number of nitrogens with one attached hydrogen (secondary N) is 1. The van der Waals surface area contributed by atoms with Crippen LogP contribution < -0.4 is 14.8 Å². The van der Waals surface area contributed by atoms with Crippen molar-refractivity contribution in [1.82, 2.24) is 5.32 Å². The minimum absolute atomic E-state index is 0.0641. The van der Waals surface area contributed by atoms with Crippen molar-refractivity contribution in [3.63, 3.8) is 0 Å². The molecule has 4 nitrogen and oxygen atoms in total. The smallest absolute Gasteiger partial charge is 0.220 e. The molecule has 1 aliphatic heterocycles. The van der Waals surface area contributed by atoms with Crippen LogP contribution in [0.1, 0.15) is 34.2 Å². The highest BCUT2D eigenvalue weighted by molar-refractivity contribution is 5.76. The second-order valence-corrected chi connectivity index (χ2v) is 6.63. The van der Waals surface area contributed by atoms with Gasteiger partial charge >= 0.3 is 0 Å². The van der Waals surface area contributed by atoms with E-state index in [0.717, 1.165) is 17.1 Å². The maximum atomic E-state index is 12.2. The monoisotopic (exact) mass is 339 g/mol. The van der Waals surface area contributed by atoms with Crippen LogP contribution in [0.5, 0.6) is 11.5 Å². The van der Waals surface area contributed by atoms with Gasteiger partial charge in [-0.3, -0.25) is 4.79 Å². The molecule has 0 radical (unpaired) electrons. The van der Waals surface area contributed by atoms with E-state index in [4.69, 9.17) is 9.47 Å². The molecule has 25 heavy (non-hydrogen) atoms. The van der Waals surface area contributed by atoms with Gasteiger partial charge in [0.2, 0.25) is 5.91 Å². The highest BCUT2D eigenvalue weighted by atomic mass is 16.6. The van der Waals surface area contributed by atoms with E-state index in [-0.39, 0.29) is 5.91 Å². The van der Waals surface area contributed by atoms with E-state index in [1.54, 1.807) is 0 Å². The van der Waals surface area contributed by atoms with Gasteiger partial charge in [-0.1, -0.05) is 23.8 Å². The second kappa shape index (κ2) is 7.60. The molecule has 2 aromatic carbocycles. The van der Waals surface area contributed by atoms with Crippen molar-refractivity contribution >= 4 is 5.91 Å². The number of hydrogen-bond donors (Lipinski definition) is 1. The number of amides is 1. The first-order chi connectivity index (χ1) is 12.0. The Morgan fingerprint density at radius 3 is 2.40 bits per heavy atom. The van der Waals surface area contributed by atoms with Crippen molar-refractivity contribution in [3.05, 3.63) is 58.1 Å². The van der Waals surface area contributed by atoms with Gasteiger partial charge in [-0.2, -0.15) is 0 Å². The van der Waals surface area contributed by atoms with Crippen LogP contribution in [0.15, 0.2) is 30.3 Å². The van der Waals surface area contributed by atoms with E-state index in [1.165, 1.54) is 22.3 Å². The summed E-state index contributed by atoms with van der Waals surface area (Å²) in [4.78, 5) is 12.2. The molecule has 132 valence electrons. The molecule has 0 saturated heterocycles. The maximum absolute atomic E-state index is 12.2. The Bertz CT molecular complexity index is 760. The van der Waals surface area contributed by atoms with Gasteiger partial charge in [-0.05, 0) is 61.6 Å². The Balaban J connectivity index is 1.53. The molecule has 0 fully saturated rings. The summed E-state index contributed by atoms with van der Waals surface area (Å²) >= 11 is 0. The quantitative estimate of drug-likeness (QED) is 0.905. The zero-order chi connectivity index (χ0) is 17.8. The third-order valence-corrected chi connectivity index (χ3v) is 4.55. The number of aryl methyl sites for hydroxylation is 4. The van der Waals surface area contributed by atoms with E-state index >= 15 is 0 Å². The lowest BCUT2D eigenvalue weighted by molar-refractivity contribution is -0.121. The van der Waals surface area contributed by atoms with Crippen molar-refractivity contribution in [2.75, 3.05) is 13.2 Å². The Morgan fingerprint density at radius 2 is 1.68 bits per heavy atom. The minimum atomic E-state index is 0.0641. The molecular weight excluding hydrogens is 314 g/mol. The molecule has 0 spiro atoms. The van der Waals surface area contributed by atoms with Crippen molar-refractivity contribution in [2.45, 2.75) is 40.2 Å². The van der Waals surface area contributed by atoms with E-state index in [0.29, 0.717) is 32.6 Å². The van der Waals surface area contributed by atoms with E-state index in [9.17, 15) is 4.79 Å². The zero-order valence-corrected chi connectivity index (χ0v) is 15.1. The average Bonchev–Trinajstić information content (AvgIpc) is 2.59. The van der Waals surface area contributed by atoms with Crippen molar-refractivity contribution in [2.24, 2.45) is 0 Å². The summed E-state index contributed by atoms with van der Waals surface area (Å²) in [7, 11) is 0. The van der Waals surface area contributed by atoms with Gasteiger partial charge in [0.05, 0.1) is 0 Å². The lowest BCUT2D eigenvalue weighted by Crippen LogP contribution is -2.24. The van der Waals surface area contributed by atoms with Gasteiger partial charge < -0.3 is 14.8 Å². The maximum Gasteiger partial charge on any atom is 0.220 e. The largest absolute Gasteiger partial charge is 0.486 e. The molecule has 2 aromatic rings. The molecule has 1 amide bonds. The van der Waals surface area contributed by atoms with Gasteiger partial charge in [0.15, 0.2) is 11.5 Å². The molecule has 0 bridgehead atoms. The van der Waals surface area contributed by atoms with Crippen LogP contribution in [0.4, 0.5) is 0 Å². The van der Waals surface area contributed by atoms with Crippen molar-refractivity contribution < 1.29 is 14.3 Å². The molecular formula is C21H25NO3. The zero-order valence-electron chi connectivity index (χ0n) is 15.1. The van der Waals surface area contributed by atoms with Crippen molar-refractivity contribution in [1.29, 1.82) is 0 Å². The summed E-state index contributed by atoms with van der Waals surface area (Å²) in [5.41, 5.74) is 6.00. The fourth-order valence-electron chi connectivity index (χ4n) is 3.27. The Kier molecular flexibility index (Phi) is 5.27. The van der Waals surface area contributed by atoms with Crippen LogP contribution >= 0.6 is 0 Å². The molecule has 0 aliphatic carbocycles. The number of ether oxygens (including phenoxy) is 2. The Hall–Kier alpha value is -2.49. The SMILES string of the molecule is Cc1cc(C)c(CNC(=O)CCc2ccc3c(c2)OCCO3)c(C)c1. The summed E-state index contributed by atoms with van der Waals surface area (Å²) in [6.07, 6.45) is 1.15. The summed E-state index contributed by atoms with van der Waals surface area (Å²) < 4.78 is 11.1. The van der Waals surface area contributed by atoms with Crippen LogP contribution in [0.3, 0.4) is 0 Å². The van der Waals surface area contributed by atoms with Gasteiger partial charge in [0.25, 0.3) is 0 Å². The molecule has 3 rings (SSSR count). The summed E-state index contributed by atoms with van der Waals surface area (Å²) in [6.45, 7) is 8.03. The normalized spacial score (nSPS) is 12.8. The van der Waals surface area contributed by atoms with E-state index < -0.39 is 0 Å². The highest BCUT2D eigenvalue weighted by Crippen LogP contribution is 2.31. The second-order valence-electron chi connectivity index (χ2n) is 6.63. The molecule has 1 heterocycles. The number of carbonyl (C=O) groups excluding carboxylic acids is 1.